The number of piperazine rings is 1. The minimum Gasteiger partial charge on any atom is -0.490 e. The molecule has 1 saturated heterocycles. The number of aromatic nitrogens is 2. The van der Waals surface area contributed by atoms with Crippen molar-refractivity contribution in [3.05, 3.63) is 24.1 Å². The summed E-state index contributed by atoms with van der Waals surface area (Å²) in [6.45, 7) is 2.17. The van der Waals surface area contributed by atoms with Crippen LogP contribution >= 0.6 is 11.8 Å². The molecule has 1 amide bonds. The van der Waals surface area contributed by atoms with Crippen LogP contribution in [0.4, 0.5) is 0 Å². The van der Waals surface area contributed by atoms with Gasteiger partial charge in [-0.15, -0.1) is 10.2 Å². The predicted octanol–water partition coefficient (Wildman–Crippen LogP) is 1.73. The van der Waals surface area contributed by atoms with E-state index in [0.717, 1.165) is 19.3 Å². The molecule has 3 aliphatic rings. The van der Waals surface area contributed by atoms with Crippen molar-refractivity contribution in [2.75, 3.05) is 45.1 Å². The molecular weight excluding hydrogens is 456 g/mol. The Balaban J connectivity index is 1.16. The third-order valence-corrected chi connectivity index (χ3v) is 8.31. The third kappa shape index (κ3) is 4.57. The molecule has 2 fully saturated rings. The zero-order chi connectivity index (χ0) is 22.1. The van der Waals surface area contributed by atoms with Crippen LogP contribution in [0.1, 0.15) is 31.1 Å². The van der Waals surface area contributed by atoms with Gasteiger partial charge in [-0.3, -0.25) is 4.79 Å². The van der Waals surface area contributed by atoms with Crippen molar-refractivity contribution in [1.82, 2.24) is 19.4 Å². The average Bonchev–Trinajstić information content (AvgIpc) is 3.60. The Morgan fingerprint density at radius 2 is 1.81 bits per heavy atom. The highest BCUT2D eigenvalue weighted by molar-refractivity contribution is 7.99. The van der Waals surface area contributed by atoms with E-state index < -0.39 is 10.0 Å². The van der Waals surface area contributed by atoms with Crippen molar-refractivity contribution >= 4 is 27.7 Å². The number of amides is 1. The van der Waals surface area contributed by atoms with Gasteiger partial charge in [-0.2, -0.15) is 4.31 Å². The average molecular weight is 481 g/mol. The highest BCUT2D eigenvalue weighted by atomic mass is 32.2. The first-order chi connectivity index (χ1) is 15.5. The van der Waals surface area contributed by atoms with Crippen molar-refractivity contribution in [1.29, 1.82) is 0 Å². The van der Waals surface area contributed by atoms with Gasteiger partial charge in [0.2, 0.25) is 21.8 Å². The van der Waals surface area contributed by atoms with Crippen LogP contribution in [0.15, 0.2) is 32.7 Å². The molecule has 1 saturated carbocycles. The van der Waals surface area contributed by atoms with E-state index in [1.807, 2.05) is 0 Å². The summed E-state index contributed by atoms with van der Waals surface area (Å²) in [6.07, 6.45) is 2.90. The monoisotopic (exact) mass is 480 g/mol. The summed E-state index contributed by atoms with van der Waals surface area (Å²) in [5, 5.41) is 8.39. The summed E-state index contributed by atoms with van der Waals surface area (Å²) in [4.78, 5) is 14.4. The Kier molecular flexibility index (Phi) is 5.99. The predicted molar refractivity (Wildman–Crippen MR) is 114 cm³/mol. The smallest absolute Gasteiger partial charge is 0.277 e. The van der Waals surface area contributed by atoms with Gasteiger partial charge in [-0.25, -0.2) is 8.42 Å². The SMILES string of the molecule is O=C(CSc1nnc(C2CC2)o1)N1CCN(S(=O)(=O)c2ccc3c(c2)OCCCO3)CC1. The van der Waals surface area contributed by atoms with Gasteiger partial charge >= 0.3 is 0 Å². The number of hydrogen-bond acceptors (Lipinski definition) is 9. The van der Waals surface area contributed by atoms with E-state index in [4.69, 9.17) is 13.9 Å². The molecule has 172 valence electrons. The van der Waals surface area contributed by atoms with E-state index in [1.165, 1.54) is 28.2 Å². The van der Waals surface area contributed by atoms with Gasteiger partial charge in [0.25, 0.3) is 5.22 Å². The number of carbonyl (C=O) groups is 1. The number of sulfonamides is 1. The summed E-state index contributed by atoms with van der Waals surface area (Å²) >= 11 is 1.22. The first-order valence-corrected chi connectivity index (χ1v) is 13.1. The second-order valence-corrected chi connectivity index (χ2v) is 10.8. The molecular formula is C20H24N4O6S2. The number of fused-ring (bicyclic) bond motifs is 1. The molecule has 10 nitrogen and oxygen atoms in total. The molecule has 0 unspecified atom stereocenters. The molecule has 0 N–H and O–H groups in total. The maximum atomic E-state index is 13.1. The summed E-state index contributed by atoms with van der Waals surface area (Å²) < 4.78 is 44.4. The van der Waals surface area contributed by atoms with E-state index in [1.54, 1.807) is 11.0 Å². The zero-order valence-corrected chi connectivity index (χ0v) is 19.1. The fraction of sp³-hybridized carbons (Fsp3) is 0.550. The molecule has 2 aromatic rings. The van der Waals surface area contributed by atoms with Crippen LogP contribution in [0, 0.1) is 0 Å². The van der Waals surface area contributed by atoms with E-state index in [2.05, 4.69) is 10.2 Å². The zero-order valence-electron chi connectivity index (χ0n) is 17.4. The van der Waals surface area contributed by atoms with E-state index in [0.29, 0.717) is 54.8 Å². The minimum absolute atomic E-state index is 0.0752. The molecule has 1 aromatic carbocycles. The molecule has 0 atom stereocenters. The van der Waals surface area contributed by atoms with Gasteiger partial charge in [-0.1, -0.05) is 11.8 Å². The highest BCUT2D eigenvalue weighted by Crippen LogP contribution is 2.39. The molecule has 1 aromatic heterocycles. The Morgan fingerprint density at radius 1 is 1.06 bits per heavy atom. The van der Waals surface area contributed by atoms with Crippen LogP contribution in [0.25, 0.3) is 0 Å². The van der Waals surface area contributed by atoms with Crippen molar-refractivity contribution in [3.63, 3.8) is 0 Å². The lowest BCUT2D eigenvalue weighted by Crippen LogP contribution is -2.50. The highest BCUT2D eigenvalue weighted by Gasteiger charge is 2.32. The standard InChI is InChI=1S/C20H24N4O6S2/c25-18(13-31-20-22-21-19(30-20)14-2-3-14)23-6-8-24(9-7-23)32(26,27)15-4-5-16-17(12-15)29-11-1-10-28-16/h4-5,12,14H,1-3,6-11,13H2. The molecule has 0 spiro atoms. The number of rotatable bonds is 6. The number of ether oxygens (including phenoxy) is 2. The van der Waals surface area contributed by atoms with Crippen LogP contribution in [0.3, 0.4) is 0 Å². The molecule has 3 heterocycles. The number of thioether (sulfide) groups is 1. The Labute approximate surface area is 190 Å². The fourth-order valence-corrected chi connectivity index (χ4v) is 5.73. The first-order valence-electron chi connectivity index (χ1n) is 10.6. The van der Waals surface area contributed by atoms with Gasteiger partial charge in [0.15, 0.2) is 11.5 Å². The van der Waals surface area contributed by atoms with Crippen molar-refractivity contribution in [2.24, 2.45) is 0 Å². The van der Waals surface area contributed by atoms with Crippen molar-refractivity contribution in [2.45, 2.75) is 35.3 Å². The van der Waals surface area contributed by atoms with Crippen LogP contribution in [0.5, 0.6) is 11.5 Å². The second-order valence-electron chi connectivity index (χ2n) is 7.91. The molecule has 32 heavy (non-hydrogen) atoms. The molecule has 0 bridgehead atoms. The number of hydrogen-bond donors (Lipinski definition) is 0. The lowest BCUT2D eigenvalue weighted by atomic mass is 10.3. The first kappa shape index (κ1) is 21.5. The summed E-state index contributed by atoms with van der Waals surface area (Å²) in [7, 11) is -3.69. The van der Waals surface area contributed by atoms with Gasteiger partial charge in [0, 0.05) is 44.6 Å². The van der Waals surface area contributed by atoms with E-state index >= 15 is 0 Å². The summed E-state index contributed by atoms with van der Waals surface area (Å²) in [6, 6.07) is 4.69. The summed E-state index contributed by atoms with van der Waals surface area (Å²) in [5.74, 6) is 2.13. The summed E-state index contributed by atoms with van der Waals surface area (Å²) in [5.41, 5.74) is 0. The van der Waals surface area contributed by atoms with Crippen LogP contribution < -0.4 is 9.47 Å². The lowest BCUT2D eigenvalue weighted by Gasteiger charge is -2.34. The maximum Gasteiger partial charge on any atom is 0.277 e. The normalized spacial score (nSPS) is 19.6. The second kappa shape index (κ2) is 8.91. The van der Waals surface area contributed by atoms with E-state index in [9.17, 15) is 13.2 Å². The van der Waals surface area contributed by atoms with Gasteiger partial charge < -0.3 is 18.8 Å². The number of benzene rings is 1. The third-order valence-electron chi connectivity index (χ3n) is 5.62. The Hall–Kier alpha value is -2.31. The van der Waals surface area contributed by atoms with Gasteiger partial charge in [-0.05, 0) is 25.0 Å². The van der Waals surface area contributed by atoms with Gasteiger partial charge in [0.1, 0.15) is 0 Å². The largest absolute Gasteiger partial charge is 0.490 e. The minimum atomic E-state index is -3.69. The maximum absolute atomic E-state index is 13.1. The quantitative estimate of drug-likeness (QED) is 0.570. The molecule has 5 rings (SSSR count). The van der Waals surface area contributed by atoms with Crippen LogP contribution in [-0.2, 0) is 14.8 Å². The molecule has 1 aliphatic carbocycles. The topological polar surface area (TPSA) is 115 Å². The van der Waals surface area contributed by atoms with Crippen molar-refractivity contribution in [3.8, 4) is 11.5 Å². The number of carbonyl (C=O) groups excluding carboxylic acids is 1. The molecule has 2 aliphatic heterocycles. The molecule has 12 heteroatoms. The lowest BCUT2D eigenvalue weighted by molar-refractivity contribution is -0.129. The Morgan fingerprint density at radius 3 is 2.56 bits per heavy atom. The van der Waals surface area contributed by atoms with Crippen molar-refractivity contribution < 1.29 is 27.1 Å². The molecule has 0 radical (unpaired) electrons. The Bertz CT molecular complexity index is 1090. The number of nitrogens with zero attached hydrogens (tertiary/aromatic N) is 4. The van der Waals surface area contributed by atoms with Crippen LogP contribution in [-0.4, -0.2) is 78.9 Å². The van der Waals surface area contributed by atoms with Crippen LogP contribution in [0.2, 0.25) is 0 Å². The van der Waals surface area contributed by atoms with Gasteiger partial charge in [0.05, 0.1) is 23.9 Å². The van der Waals surface area contributed by atoms with E-state index in [-0.39, 0.29) is 29.6 Å². The fourth-order valence-electron chi connectivity index (χ4n) is 3.62.